The number of para-hydroxylation sites is 2. The lowest BCUT2D eigenvalue weighted by Gasteiger charge is -2.17. The fourth-order valence-corrected chi connectivity index (χ4v) is 3.40. The summed E-state index contributed by atoms with van der Waals surface area (Å²) in [7, 11) is 0. The number of anilines is 1. The summed E-state index contributed by atoms with van der Waals surface area (Å²) in [6, 6.07) is 12.8. The van der Waals surface area contributed by atoms with Crippen molar-refractivity contribution in [2.45, 2.75) is 45.8 Å². The number of nitrogens with zero attached hydrogens (tertiary/aromatic N) is 2. The third kappa shape index (κ3) is 4.73. The number of ketones is 1. The Kier molecular flexibility index (Phi) is 6.03. The number of carbonyl (C=O) groups excluding carboxylic acids is 2. The summed E-state index contributed by atoms with van der Waals surface area (Å²) >= 11 is 0. The van der Waals surface area contributed by atoms with E-state index in [9.17, 15) is 19.7 Å². The van der Waals surface area contributed by atoms with E-state index in [1.165, 1.54) is 13.0 Å². The standard InChI is InChI=1S/C21H23N3O4/c1-15(25)5-4-8-21(26)22-12-16-9-10-17-13-23(14-18(17)11-16)19-6-2-3-7-20(19)24(27)28/h2-3,6-7,9-11H,4-5,8,12-14H2,1H3,(H,22,26). The molecule has 0 saturated heterocycles. The SMILES string of the molecule is CC(=O)CCCC(=O)NCc1ccc2c(c1)CN(c1ccccc1[N+](=O)[O-])C2. The Hall–Kier alpha value is -3.22. The molecule has 2 aromatic rings. The van der Waals surface area contributed by atoms with Crippen molar-refractivity contribution in [3.63, 3.8) is 0 Å². The van der Waals surface area contributed by atoms with Crippen LogP contribution in [0.4, 0.5) is 11.4 Å². The zero-order chi connectivity index (χ0) is 20.1. The average Bonchev–Trinajstić information content (AvgIpc) is 3.09. The molecule has 146 valence electrons. The van der Waals surface area contributed by atoms with E-state index >= 15 is 0 Å². The number of nitro groups is 1. The van der Waals surface area contributed by atoms with Crippen LogP contribution in [-0.4, -0.2) is 16.6 Å². The predicted molar refractivity (Wildman–Crippen MR) is 106 cm³/mol. The van der Waals surface area contributed by atoms with Crippen molar-refractivity contribution in [1.29, 1.82) is 0 Å². The Morgan fingerprint density at radius 1 is 1.11 bits per heavy atom. The normalized spacial score (nSPS) is 12.5. The van der Waals surface area contributed by atoms with Gasteiger partial charge in [0.25, 0.3) is 5.69 Å². The summed E-state index contributed by atoms with van der Waals surface area (Å²) in [4.78, 5) is 35.7. The van der Waals surface area contributed by atoms with Crippen LogP contribution < -0.4 is 10.2 Å². The van der Waals surface area contributed by atoms with Crippen LogP contribution in [0.5, 0.6) is 0 Å². The molecular weight excluding hydrogens is 358 g/mol. The molecule has 0 unspecified atom stereocenters. The molecule has 7 nitrogen and oxygen atoms in total. The van der Waals surface area contributed by atoms with Gasteiger partial charge in [-0.15, -0.1) is 0 Å². The minimum absolute atomic E-state index is 0.0664. The Morgan fingerprint density at radius 2 is 1.86 bits per heavy atom. The third-order valence-electron chi connectivity index (χ3n) is 4.83. The molecule has 0 spiro atoms. The minimum Gasteiger partial charge on any atom is -0.357 e. The first kappa shape index (κ1) is 19.5. The molecule has 1 amide bonds. The van der Waals surface area contributed by atoms with Gasteiger partial charge in [0.2, 0.25) is 5.91 Å². The molecule has 0 atom stereocenters. The largest absolute Gasteiger partial charge is 0.357 e. The van der Waals surface area contributed by atoms with Gasteiger partial charge in [-0.05, 0) is 36.1 Å². The molecule has 1 aliphatic heterocycles. The van der Waals surface area contributed by atoms with Crippen molar-refractivity contribution in [3.8, 4) is 0 Å². The molecule has 1 aliphatic rings. The maximum absolute atomic E-state index is 11.9. The lowest BCUT2D eigenvalue weighted by molar-refractivity contribution is -0.384. The number of nitro benzene ring substituents is 1. The van der Waals surface area contributed by atoms with Crippen molar-refractivity contribution in [3.05, 3.63) is 69.3 Å². The summed E-state index contributed by atoms with van der Waals surface area (Å²) in [5.74, 6) is 0.0258. The Bertz CT molecular complexity index is 910. The van der Waals surface area contributed by atoms with E-state index in [4.69, 9.17) is 0 Å². The first-order valence-electron chi connectivity index (χ1n) is 9.29. The van der Waals surface area contributed by atoms with Gasteiger partial charge in [-0.25, -0.2) is 0 Å². The molecule has 1 heterocycles. The van der Waals surface area contributed by atoms with Gasteiger partial charge in [0.15, 0.2) is 0 Å². The smallest absolute Gasteiger partial charge is 0.292 e. The second-order valence-corrected chi connectivity index (χ2v) is 7.04. The fourth-order valence-electron chi connectivity index (χ4n) is 3.40. The summed E-state index contributed by atoms with van der Waals surface area (Å²) in [5.41, 5.74) is 3.96. The number of rotatable bonds is 8. The van der Waals surface area contributed by atoms with Crippen LogP contribution in [0, 0.1) is 10.1 Å². The molecule has 0 saturated carbocycles. The van der Waals surface area contributed by atoms with Crippen molar-refractivity contribution >= 4 is 23.1 Å². The van der Waals surface area contributed by atoms with Crippen molar-refractivity contribution in [2.75, 3.05) is 4.90 Å². The third-order valence-corrected chi connectivity index (χ3v) is 4.83. The molecule has 3 rings (SSSR count). The maximum Gasteiger partial charge on any atom is 0.292 e. The van der Waals surface area contributed by atoms with E-state index in [1.54, 1.807) is 18.2 Å². The molecule has 28 heavy (non-hydrogen) atoms. The van der Waals surface area contributed by atoms with E-state index in [-0.39, 0.29) is 22.3 Å². The summed E-state index contributed by atoms with van der Waals surface area (Å²) in [6.45, 7) is 3.17. The molecule has 7 heteroatoms. The Morgan fingerprint density at radius 3 is 2.61 bits per heavy atom. The highest BCUT2D eigenvalue weighted by molar-refractivity contribution is 5.78. The van der Waals surface area contributed by atoms with Crippen LogP contribution in [-0.2, 0) is 29.2 Å². The van der Waals surface area contributed by atoms with Gasteiger partial charge >= 0.3 is 0 Å². The number of Topliss-reactive ketones (excluding diaryl/α,β-unsaturated/α-hetero) is 1. The van der Waals surface area contributed by atoms with Crippen LogP contribution in [0.3, 0.4) is 0 Å². The van der Waals surface area contributed by atoms with Gasteiger partial charge < -0.3 is 15.0 Å². The van der Waals surface area contributed by atoms with Gasteiger partial charge in [0.05, 0.1) is 4.92 Å². The van der Waals surface area contributed by atoms with Gasteiger partial charge in [-0.2, -0.15) is 0 Å². The molecule has 0 radical (unpaired) electrons. The highest BCUT2D eigenvalue weighted by atomic mass is 16.6. The van der Waals surface area contributed by atoms with Crippen molar-refractivity contribution < 1.29 is 14.5 Å². The molecule has 1 N–H and O–H groups in total. The van der Waals surface area contributed by atoms with E-state index in [0.29, 0.717) is 44.6 Å². The van der Waals surface area contributed by atoms with Crippen LogP contribution in [0.1, 0.15) is 42.9 Å². The first-order valence-corrected chi connectivity index (χ1v) is 9.29. The van der Waals surface area contributed by atoms with Crippen LogP contribution in [0.15, 0.2) is 42.5 Å². The van der Waals surface area contributed by atoms with Crippen molar-refractivity contribution in [1.82, 2.24) is 5.32 Å². The van der Waals surface area contributed by atoms with Gasteiger partial charge in [-0.3, -0.25) is 14.9 Å². The molecule has 0 bridgehead atoms. The second kappa shape index (κ2) is 8.65. The maximum atomic E-state index is 11.9. The first-order chi connectivity index (χ1) is 13.4. The molecular formula is C21H23N3O4. The number of amides is 1. The molecule has 0 aliphatic carbocycles. The minimum atomic E-state index is -0.356. The zero-order valence-corrected chi connectivity index (χ0v) is 15.8. The Labute approximate surface area is 163 Å². The van der Waals surface area contributed by atoms with Crippen molar-refractivity contribution in [2.24, 2.45) is 0 Å². The summed E-state index contributed by atoms with van der Waals surface area (Å²) in [5, 5.41) is 14.2. The topological polar surface area (TPSA) is 92.6 Å². The molecule has 2 aromatic carbocycles. The van der Waals surface area contributed by atoms with Gasteiger partial charge in [0, 0.05) is 38.5 Å². The second-order valence-electron chi connectivity index (χ2n) is 7.04. The van der Waals surface area contributed by atoms with Crippen LogP contribution >= 0.6 is 0 Å². The lowest BCUT2D eigenvalue weighted by Crippen LogP contribution is -2.22. The number of hydrogen-bond acceptors (Lipinski definition) is 5. The predicted octanol–water partition coefficient (Wildman–Crippen LogP) is 3.49. The van der Waals surface area contributed by atoms with E-state index in [0.717, 1.165) is 16.7 Å². The average molecular weight is 381 g/mol. The number of benzene rings is 2. The van der Waals surface area contributed by atoms with Gasteiger partial charge in [-0.1, -0.05) is 30.3 Å². The lowest BCUT2D eigenvalue weighted by atomic mass is 10.1. The zero-order valence-electron chi connectivity index (χ0n) is 15.8. The number of hydrogen-bond donors (Lipinski definition) is 1. The van der Waals surface area contributed by atoms with Crippen LogP contribution in [0.25, 0.3) is 0 Å². The highest BCUT2D eigenvalue weighted by Gasteiger charge is 2.25. The van der Waals surface area contributed by atoms with Crippen LogP contribution in [0.2, 0.25) is 0 Å². The van der Waals surface area contributed by atoms with Gasteiger partial charge in [0.1, 0.15) is 11.5 Å². The summed E-state index contributed by atoms with van der Waals surface area (Å²) < 4.78 is 0. The fraction of sp³-hybridized carbons (Fsp3) is 0.333. The van der Waals surface area contributed by atoms with E-state index in [2.05, 4.69) is 5.32 Å². The quantitative estimate of drug-likeness (QED) is 0.558. The van der Waals surface area contributed by atoms with E-state index in [1.807, 2.05) is 23.1 Å². The summed E-state index contributed by atoms with van der Waals surface area (Å²) in [6.07, 6.45) is 1.33. The number of nitrogens with one attached hydrogen (secondary N) is 1. The Balaban J connectivity index is 1.61. The molecule has 0 fully saturated rings. The highest BCUT2D eigenvalue weighted by Crippen LogP contribution is 2.34. The number of fused-ring (bicyclic) bond motifs is 1. The van der Waals surface area contributed by atoms with E-state index < -0.39 is 0 Å². The number of carbonyl (C=O) groups is 2. The molecule has 0 aromatic heterocycles. The monoisotopic (exact) mass is 381 g/mol.